The Morgan fingerprint density at radius 3 is 2.68 bits per heavy atom. The second-order valence-corrected chi connectivity index (χ2v) is 5.98. The fourth-order valence-corrected chi connectivity index (χ4v) is 3.21. The lowest BCUT2D eigenvalue weighted by Crippen LogP contribution is -2.28. The molecule has 0 N–H and O–H groups in total. The van der Waals surface area contributed by atoms with Crippen LogP contribution in [-0.2, 0) is 6.42 Å². The molecule has 0 atom stereocenters. The van der Waals surface area contributed by atoms with Crippen molar-refractivity contribution in [1.29, 1.82) is 5.26 Å². The van der Waals surface area contributed by atoms with Gasteiger partial charge in [0.25, 0.3) is 5.91 Å². The highest BCUT2D eigenvalue weighted by molar-refractivity contribution is 6.07. The first-order chi connectivity index (χ1) is 12.3. The SMILES string of the molecule is N#Cc1cccc(C(=O)N2CCc3cc(-c4ccncc4)ccc32)c1. The van der Waals surface area contributed by atoms with Gasteiger partial charge in [-0.05, 0) is 65.6 Å². The van der Waals surface area contributed by atoms with E-state index in [2.05, 4.69) is 17.1 Å². The number of amides is 1. The number of fused-ring (bicyclic) bond motifs is 1. The topological polar surface area (TPSA) is 57.0 Å². The summed E-state index contributed by atoms with van der Waals surface area (Å²) in [7, 11) is 0. The number of carbonyl (C=O) groups is 1. The molecule has 0 radical (unpaired) electrons. The third-order valence-electron chi connectivity index (χ3n) is 4.47. The monoisotopic (exact) mass is 325 g/mol. The minimum Gasteiger partial charge on any atom is -0.308 e. The zero-order valence-corrected chi connectivity index (χ0v) is 13.5. The molecule has 0 fully saturated rings. The number of nitriles is 1. The van der Waals surface area contributed by atoms with Gasteiger partial charge in [-0.1, -0.05) is 12.1 Å². The van der Waals surface area contributed by atoms with Crippen LogP contribution in [0, 0.1) is 11.3 Å². The Hall–Kier alpha value is -3.45. The minimum absolute atomic E-state index is 0.0625. The summed E-state index contributed by atoms with van der Waals surface area (Å²) in [4.78, 5) is 18.7. The van der Waals surface area contributed by atoms with Gasteiger partial charge in [-0.2, -0.15) is 5.26 Å². The van der Waals surface area contributed by atoms with Crippen LogP contribution in [0.2, 0.25) is 0 Å². The van der Waals surface area contributed by atoms with Crippen LogP contribution in [0.4, 0.5) is 5.69 Å². The molecule has 0 saturated heterocycles. The highest BCUT2D eigenvalue weighted by Crippen LogP contribution is 2.33. The van der Waals surface area contributed by atoms with Gasteiger partial charge in [-0.15, -0.1) is 0 Å². The van der Waals surface area contributed by atoms with Gasteiger partial charge in [0.05, 0.1) is 11.6 Å². The van der Waals surface area contributed by atoms with Crippen molar-refractivity contribution in [3.05, 3.63) is 83.7 Å². The number of carbonyl (C=O) groups excluding carboxylic acids is 1. The average molecular weight is 325 g/mol. The van der Waals surface area contributed by atoms with Crippen LogP contribution in [0.5, 0.6) is 0 Å². The van der Waals surface area contributed by atoms with Crippen molar-refractivity contribution in [3.8, 4) is 17.2 Å². The predicted molar refractivity (Wildman–Crippen MR) is 96.2 cm³/mol. The highest BCUT2D eigenvalue weighted by atomic mass is 16.2. The first-order valence-electron chi connectivity index (χ1n) is 8.11. The standard InChI is InChI=1S/C21H15N3O/c22-14-15-2-1-3-19(12-15)21(25)24-11-8-18-13-17(4-5-20(18)24)16-6-9-23-10-7-16/h1-7,9-10,12-13H,8,11H2. The number of hydrogen-bond acceptors (Lipinski definition) is 3. The van der Waals surface area contributed by atoms with Gasteiger partial charge in [0.15, 0.2) is 0 Å². The molecule has 25 heavy (non-hydrogen) atoms. The Morgan fingerprint density at radius 2 is 1.88 bits per heavy atom. The zero-order valence-electron chi connectivity index (χ0n) is 13.5. The maximum atomic E-state index is 12.8. The third-order valence-corrected chi connectivity index (χ3v) is 4.47. The van der Waals surface area contributed by atoms with Crippen molar-refractivity contribution in [2.45, 2.75) is 6.42 Å². The molecule has 0 spiro atoms. The van der Waals surface area contributed by atoms with Gasteiger partial charge in [-0.3, -0.25) is 9.78 Å². The third kappa shape index (κ3) is 2.77. The quantitative estimate of drug-likeness (QED) is 0.719. The van der Waals surface area contributed by atoms with Gasteiger partial charge >= 0.3 is 0 Å². The summed E-state index contributed by atoms with van der Waals surface area (Å²) in [5, 5.41) is 9.03. The van der Waals surface area contributed by atoms with Crippen molar-refractivity contribution < 1.29 is 4.79 Å². The van der Waals surface area contributed by atoms with E-state index in [4.69, 9.17) is 5.26 Å². The summed E-state index contributed by atoms with van der Waals surface area (Å²) in [6, 6.07) is 19.1. The van der Waals surface area contributed by atoms with E-state index >= 15 is 0 Å². The normalized spacial score (nSPS) is 12.5. The largest absolute Gasteiger partial charge is 0.308 e. The van der Waals surface area contributed by atoms with E-state index in [1.165, 1.54) is 5.56 Å². The second kappa shape index (κ2) is 6.21. The van der Waals surface area contributed by atoms with Crippen LogP contribution in [0.25, 0.3) is 11.1 Å². The molecule has 0 unspecified atom stereocenters. The van der Waals surface area contributed by atoms with Gasteiger partial charge < -0.3 is 4.90 Å². The van der Waals surface area contributed by atoms with Crippen LogP contribution >= 0.6 is 0 Å². The smallest absolute Gasteiger partial charge is 0.258 e. The van der Waals surface area contributed by atoms with Gasteiger partial charge in [0.1, 0.15) is 0 Å². The number of rotatable bonds is 2. The molecule has 1 aliphatic rings. The molecule has 2 heterocycles. The highest BCUT2D eigenvalue weighted by Gasteiger charge is 2.26. The lowest BCUT2D eigenvalue weighted by atomic mass is 10.0. The van der Waals surface area contributed by atoms with Crippen LogP contribution < -0.4 is 4.90 Å². The van der Waals surface area contributed by atoms with E-state index in [0.29, 0.717) is 17.7 Å². The maximum Gasteiger partial charge on any atom is 0.258 e. The number of nitrogens with zero attached hydrogens (tertiary/aromatic N) is 3. The van der Waals surface area contributed by atoms with E-state index in [9.17, 15) is 4.79 Å². The Bertz CT molecular complexity index is 990. The molecule has 2 aromatic carbocycles. The van der Waals surface area contributed by atoms with Gasteiger partial charge in [0.2, 0.25) is 0 Å². The molecule has 0 bridgehead atoms. The lowest BCUT2D eigenvalue weighted by Gasteiger charge is -2.18. The Morgan fingerprint density at radius 1 is 1.04 bits per heavy atom. The summed E-state index contributed by atoms with van der Waals surface area (Å²) in [6.07, 6.45) is 4.39. The second-order valence-electron chi connectivity index (χ2n) is 5.98. The van der Waals surface area contributed by atoms with Crippen molar-refractivity contribution >= 4 is 11.6 Å². The fraction of sp³-hybridized carbons (Fsp3) is 0.0952. The molecule has 0 aliphatic carbocycles. The zero-order chi connectivity index (χ0) is 17.2. The van der Waals surface area contributed by atoms with Gasteiger partial charge in [-0.25, -0.2) is 0 Å². The number of pyridine rings is 1. The molecule has 4 heteroatoms. The Kier molecular flexibility index (Phi) is 3.75. The lowest BCUT2D eigenvalue weighted by molar-refractivity contribution is 0.0989. The van der Waals surface area contributed by atoms with Crippen LogP contribution in [0.15, 0.2) is 67.0 Å². The van der Waals surface area contributed by atoms with E-state index < -0.39 is 0 Å². The van der Waals surface area contributed by atoms with Crippen molar-refractivity contribution in [3.63, 3.8) is 0 Å². The van der Waals surface area contributed by atoms with Crippen LogP contribution in [-0.4, -0.2) is 17.4 Å². The number of anilines is 1. The van der Waals surface area contributed by atoms with E-state index in [-0.39, 0.29) is 5.91 Å². The van der Waals surface area contributed by atoms with E-state index in [1.807, 2.05) is 24.3 Å². The first kappa shape index (κ1) is 15.1. The number of aromatic nitrogens is 1. The van der Waals surface area contributed by atoms with Gasteiger partial charge in [0, 0.05) is 30.2 Å². The Balaban J connectivity index is 1.66. The number of hydrogen-bond donors (Lipinski definition) is 0. The molecule has 1 aliphatic heterocycles. The molecule has 4 nitrogen and oxygen atoms in total. The Labute approximate surface area is 146 Å². The van der Waals surface area contributed by atoms with Crippen molar-refractivity contribution in [2.24, 2.45) is 0 Å². The molecule has 1 amide bonds. The first-order valence-corrected chi connectivity index (χ1v) is 8.11. The fourth-order valence-electron chi connectivity index (χ4n) is 3.21. The van der Waals surface area contributed by atoms with Crippen molar-refractivity contribution in [2.75, 3.05) is 11.4 Å². The summed E-state index contributed by atoms with van der Waals surface area (Å²) in [5.41, 5.74) is 5.40. The molecule has 3 aromatic rings. The average Bonchev–Trinajstić information content (AvgIpc) is 3.11. The number of benzene rings is 2. The summed E-state index contributed by atoms with van der Waals surface area (Å²) < 4.78 is 0. The summed E-state index contributed by atoms with van der Waals surface area (Å²) in [6.45, 7) is 0.657. The molecule has 4 rings (SSSR count). The maximum absolute atomic E-state index is 12.8. The molecule has 120 valence electrons. The molecular formula is C21H15N3O. The van der Waals surface area contributed by atoms with Crippen LogP contribution in [0.3, 0.4) is 0 Å². The summed E-state index contributed by atoms with van der Waals surface area (Å²) in [5.74, 6) is -0.0625. The predicted octanol–water partition coefficient (Wildman–Crippen LogP) is 3.82. The molecule has 0 saturated carbocycles. The molecule has 1 aromatic heterocycles. The molecular weight excluding hydrogens is 310 g/mol. The van der Waals surface area contributed by atoms with E-state index in [1.54, 1.807) is 41.6 Å². The minimum atomic E-state index is -0.0625. The van der Waals surface area contributed by atoms with Crippen molar-refractivity contribution in [1.82, 2.24) is 4.98 Å². The van der Waals surface area contributed by atoms with E-state index in [0.717, 1.165) is 23.2 Å². The summed E-state index contributed by atoms with van der Waals surface area (Å²) >= 11 is 0. The van der Waals surface area contributed by atoms with Crippen LogP contribution in [0.1, 0.15) is 21.5 Å².